The van der Waals surface area contributed by atoms with Gasteiger partial charge >= 0.3 is 0 Å². The first kappa shape index (κ1) is 14.0. The highest BCUT2D eigenvalue weighted by Gasteiger charge is 2.37. The number of hydrogen-bond acceptors (Lipinski definition) is 7. The highest BCUT2D eigenvalue weighted by Crippen LogP contribution is 2.32. The van der Waals surface area contributed by atoms with Crippen molar-refractivity contribution in [3.05, 3.63) is 16.7 Å². The molecule has 1 aliphatic rings. The first-order valence-electron chi connectivity index (χ1n) is 6.53. The van der Waals surface area contributed by atoms with Crippen molar-refractivity contribution < 1.29 is 14.2 Å². The number of rotatable bonds is 4. The molecular weight excluding hydrogens is 278 g/mol. The lowest BCUT2D eigenvalue weighted by Crippen LogP contribution is -2.27. The van der Waals surface area contributed by atoms with Crippen molar-refractivity contribution >= 4 is 17.1 Å². The van der Waals surface area contributed by atoms with Crippen molar-refractivity contribution in [3.8, 4) is 0 Å². The van der Waals surface area contributed by atoms with Crippen molar-refractivity contribution in [1.29, 1.82) is 0 Å². The fourth-order valence-electron chi connectivity index (χ4n) is 2.59. The first-order valence-corrected chi connectivity index (χ1v) is 6.53. The number of aromatic amines is 1. The van der Waals surface area contributed by atoms with Crippen LogP contribution < -0.4 is 11.3 Å². The van der Waals surface area contributed by atoms with Crippen molar-refractivity contribution in [1.82, 2.24) is 19.5 Å². The molecule has 0 aromatic carbocycles. The molecule has 3 N–H and O–H groups in total. The van der Waals surface area contributed by atoms with E-state index >= 15 is 0 Å². The number of anilines is 1. The van der Waals surface area contributed by atoms with Crippen LogP contribution in [0.1, 0.15) is 12.6 Å². The van der Waals surface area contributed by atoms with Gasteiger partial charge in [0.1, 0.15) is 12.3 Å². The highest BCUT2D eigenvalue weighted by molar-refractivity contribution is 5.70. The van der Waals surface area contributed by atoms with Crippen LogP contribution in [0.25, 0.3) is 11.2 Å². The summed E-state index contributed by atoms with van der Waals surface area (Å²) < 4.78 is 18.2. The van der Waals surface area contributed by atoms with Crippen LogP contribution in [0.15, 0.2) is 11.1 Å². The number of H-pyrrole nitrogens is 1. The molecule has 3 rings (SSSR count). The summed E-state index contributed by atoms with van der Waals surface area (Å²) in [7, 11) is 3.24. The van der Waals surface area contributed by atoms with E-state index < -0.39 is 0 Å². The molecule has 0 aliphatic carbocycles. The SMILES string of the molecule is COCC1OC(n2cnc3c(=O)[nH]c(N)nc32)CC1OC. The van der Waals surface area contributed by atoms with E-state index in [-0.39, 0.29) is 35.5 Å². The van der Waals surface area contributed by atoms with Gasteiger partial charge in [0, 0.05) is 20.6 Å². The van der Waals surface area contributed by atoms with E-state index in [4.69, 9.17) is 19.9 Å². The van der Waals surface area contributed by atoms with Crippen molar-refractivity contribution in [3.63, 3.8) is 0 Å². The maximum absolute atomic E-state index is 11.8. The molecule has 21 heavy (non-hydrogen) atoms. The van der Waals surface area contributed by atoms with Gasteiger partial charge in [-0.15, -0.1) is 0 Å². The molecule has 1 saturated heterocycles. The third-order valence-electron chi connectivity index (χ3n) is 3.58. The molecule has 0 radical (unpaired) electrons. The van der Waals surface area contributed by atoms with Crippen molar-refractivity contribution in [2.24, 2.45) is 0 Å². The summed E-state index contributed by atoms with van der Waals surface area (Å²) in [5.41, 5.74) is 5.85. The summed E-state index contributed by atoms with van der Waals surface area (Å²) in [6.07, 6.45) is 1.55. The first-order chi connectivity index (χ1) is 10.1. The summed E-state index contributed by atoms with van der Waals surface area (Å²) in [4.78, 5) is 22.4. The largest absolute Gasteiger partial charge is 0.382 e. The summed E-state index contributed by atoms with van der Waals surface area (Å²) in [6, 6.07) is 0. The van der Waals surface area contributed by atoms with E-state index in [9.17, 15) is 4.79 Å². The third-order valence-corrected chi connectivity index (χ3v) is 3.58. The smallest absolute Gasteiger partial charge is 0.280 e. The predicted octanol–water partition coefficient (Wildman–Crippen LogP) is -0.349. The number of hydrogen-bond donors (Lipinski definition) is 2. The molecule has 9 nitrogen and oxygen atoms in total. The molecule has 0 amide bonds. The minimum Gasteiger partial charge on any atom is -0.382 e. The number of aromatic nitrogens is 4. The zero-order valence-electron chi connectivity index (χ0n) is 11.8. The molecule has 1 aliphatic heterocycles. The Hall–Kier alpha value is -1.97. The lowest BCUT2D eigenvalue weighted by atomic mass is 10.2. The molecule has 0 saturated carbocycles. The second kappa shape index (κ2) is 5.43. The number of nitrogens with one attached hydrogen (secondary N) is 1. The average Bonchev–Trinajstić information content (AvgIpc) is 3.02. The summed E-state index contributed by atoms with van der Waals surface area (Å²) in [5.74, 6) is 0.0454. The van der Waals surface area contributed by atoms with E-state index in [1.165, 1.54) is 6.33 Å². The molecular formula is C12H17N5O4. The van der Waals surface area contributed by atoms with E-state index in [0.717, 1.165) is 0 Å². The molecule has 3 atom stereocenters. The molecule has 9 heteroatoms. The molecule has 1 fully saturated rings. The Balaban J connectivity index is 1.96. The van der Waals surface area contributed by atoms with Gasteiger partial charge in [-0.25, -0.2) is 4.98 Å². The lowest BCUT2D eigenvalue weighted by molar-refractivity contribution is -0.0597. The van der Waals surface area contributed by atoms with Crippen LogP contribution in [0, 0.1) is 0 Å². The van der Waals surface area contributed by atoms with E-state index in [1.54, 1.807) is 18.8 Å². The van der Waals surface area contributed by atoms with E-state index in [0.29, 0.717) is 18.7 Å². The number of nitrogens with zero attached hydrogens (tertiary/aromatic N) is 3. The maximum Gasteiger partial charge on any atom is 0.280 e. The van der Waals surface area contributed by atoms with Gasteiger partial charge in [0.05, 0.1) is 19.0 Å². The van der Waals surface area contributed by atoms with Gasteiger partial charge < -0.3 is 19.9 Å². The van der Waals surface area contributed by atoms with Gasteiger partial charge in [-0.05, 0) is 0 Å². The number of methoxy groups -OCH3 is 2. The molecule has 3 heterocycles. The minimum atomic E-state index is -0.369. The quantitative estimate of drug-likeness (QED) is 0.791. The number of nitrogens with two attached hydrogens (primary N) is 1. The number of nitrogen functional groups attached to an aromatic ring is 1. The lowest BCUT2D eigenvalue weighted by Gasteiger charge is -2.16. The van der Waals surface area contributed by atoms with Gasteiger partial charge in [-0.2, -0.15) is 4.98 Å². The van der Waals surface area contributed by atoms with E-state index in [2.05, 4.69) is 15.0 Å². The molecule has 0 bridgehead atoms. The summed E-state index contributed by atoms with van der Waals surface area (Å²) in [5, 5.41) is 0. The fourth-order valence-corrected chi connectivity index (χ4v) is 2.59. The Kier molecular flexibility index (Phi) is 3.62. The molecule has 114 valence electrons. The van der Waals surface area contributed by atoms with Gasteiger partial charge in [0.2, 0.25) is 5.95 Å². The van der Waals surface area contributed by atoms with Gasteiger partial charge in [0.15, 0.2) is 11.2 Å². The number of ether oxygens (including phenoxy) is 3. The Morgan fingerprint density at radius 2 is 2.38 bits per heavy atom. The normalized spacial score (nSPS) is 25.7. The zero-order chi connectivity index (χ0) is 15.0. The van der Waals surface area contributed by atoms with Gasteiger partial charge in [0.25, 0.3) is 5.56 Å². The number of fused-ring (bicyclic) bond motifs is 1. The summed E-state index contributed by atoms with van der Waals surface area (Å²) in [6.45, 7) is 0.428. The fraction of sp³-hybridized carbons (Fsp3) is 0.583. The minimum absolute atomic E-state index is 0.0454. The van der Waals surface area contributed by atoms with Crippen LogP contribution in [0.4, 0.5) is 5.95 Å². The van der Waals surface area contributed by atoms with Crippen molar-refractivity contribution in [2.45, 2.75) is 24.9 Å². The maximum atomic E-state index is 11.8. The topological polar surface area (TPSA) is 117 Å². The number of imidazole rings is 1. The van der Waals surface area contributed by atoms with Gasteiger partial charge in [-0.3, -0.25) is 14.3 Å². The predicted molar refractivity (Wildman–Crippen MR) is 73.8 cm³/mol. The Morgan fingerprint density at radius 3 is 3.10 bits per heavy atom. The Morgan fingerprint density at radius 1 is 1.57 bits per heavy atom. The Bertz CT molecular complexity index is 697. The second-order valence-electron chi connectivity index (χ2n) is 4.87. The molecule has 0 spiro atoms. The van der Waals surface area contributed by atoms with Crippen LogP contribution >= 0.6 is 0 Å². The third kappa shape index (κ3) is 2.39. The van der Waals surface area contributed by atoms with Crippen LogP contribution in [0.2, 0.25) is 0 Å². The van der Waals surface area contributed by atoms with Crippen LogP contribution in [0.3, 0.4) is 0 Å². The molecule has 2 aromatic heterocycles. The standard InChI is InChI=1S/C12H17N5O4/c1-19-4-7-6(20-2)3-8(21-7)17-5-14-9-10(17)15-12(13)16-11(9)18/h5-8H,3-4H2,1-2H3,(H3,13,15,16,18). The average molecular weight is 295 g/mol. The Labute approximate surface area is 120 Å². The van der Waals surface area contributed by atoms with Crippen LogP contribution in [0.5, 0.6) is 0 Å². The van der Waals surface area contributed by atoms with E-state index in [1.807, 2.05) is 0 Å². The highest BCUT2D eigenvalue weighted by atomic mass is 16.6. The zero-order valence-corrected chi connectivity index (χ0v) is 11.8. The van der Waals surface area contributed by atoms with Gasteiger partial charge in [-0.1, -0.05) is 0 Å². The summed E-state index contributed by atoms with van der Waals surface area (Å²) >= 11 is 0. The monoisotopic (exact) mass is 295 g/mol. The van der Waals surface area contributed by atoms with Crippen molar-refractivity contribution in [2.75, 3.05) is 26.6 Å². The molecule has 3 unspecified atom stereocenters. The molecule has 2 aromatic rings. The van der Waals surface area contributed by atoms with Crippen LogP contribution in [-0.4, -0.2) is 52.6 Å². The second-order valence-corrected chi connectivity index (χ2v) is 4.87. The van der Waals surface area contributed by atoms with Crippen LogP contribution in [-0.2, 0) is 14.2 Å².